The zero-order chi connectivity index (χ0) is 17.6. The van der Waals surface area contributed by atoms with Gasteiger partial charge < -0.3 is 19.6 Å². The van der Waals surface area contributed by atoms with Crippen molar-refractivity contribution >= 4 is 12.0 Å². The Bertz CT molecular complexity index is 884. The van der Waals surface area contributed by atoms with Crippen LogP contribution in [-0.2, 0) is 4.74 Å². The lowest BCUT2D eigenvalue weighted by atomic mass is 10.1. The van der Waals surface area contributed by atoms with Crippen molar-refractivity contribution in [3.05, 3.63) is 48.8 Å². The summed E-state index contributed by atoms with van der Waals surface area (Å²) in [7, 11) is 1.56. The maximum atomic E-state index is 11.9. The molecular formula is C17H17N5O3. The first-order chi connectivity index (χ1) is 12.2. The average Bonchev–Trinajstić information content (AvgIpc) is 3.31. The number of aromatic amines is 1. The van der Waals surface area contributed by atoms with Crippen molar-refractivity contribution in [1.82, 2.24) is 25.4 Å². The first-order valence-electron chi connectivity index (χ1n) is 7.60. The zero-order valence-corrected chi connectivity index (χ0v) is 13.7. The minimum atomic E-state index is -0.434. The van der Waals surface area contributed by atoms with Crippen LogP contribution in [0.5, 0.6) is 0 Å². The predicted octanol–water partition coefficient (Wildman–Crippen LogP) is 2.15. The number of imidazole rings is 1. The summed E-state index contributed by atoms with van der Waals surface area (Å²) in [5, 5.41) is 6.50. The Labute approximate surface area is 143 Å². The number of H-pyrrole nitrogens is 1. The molecule has 25 heavy (non-hydrogen) atoms. The van der Waals surface area contributed by atoms with Gasteiger partial charge in [0.25, 0.3) is 0 Å². The number of hydrogen-bond donors (Lipinski definition) is 2. The van der Waals surface area contributed by atoms with Gasteiger partial charge in [-0.3, -0.25) is 4.79 Å². The van der Waals surface area contributed by atoms with Crippen LogP contribution in [0, 0.1) is 0 Å². The maximum Gasteiger partial charge on any atom is 0.316 e. The summed E-state index contributed by atoms with van der Waals surface area (Å²) in [6.07, 6.45) is 3.36. The van der Waals surface area contributed by atoms with Crippen LogP contribution >= 0.6 is 0 Å². The van der Waals surface area contributed by atoms with E-state index in [2.05, 4.69) is 32.0 Å². The number of benzene rings is 1. The molecule has 0 saturated carbocycles. The molecule has 2 N–H and O–H groups in total. The third kappa shape index (κ3) is 3.81. The number of nitrogens with zero attached hydrogens (tertiary/aromatic N) is 3. The lowest BCUT2D eigenvalue weighted by Crippen LogP contribution is -2.27. The van der Waals surface area contributed by atoms with Crippen molar-refractivity contribution in [2.45, 2.75) is 0 Å². The third-order valence-electron chi connectivity index (χ3n) is 3.43. The topological polar surface area (TPSA) is 106 Å². The molecule has 2 heterocycles. The number of ether oxygens (including phenoxy) is 1. The summed E-state index contributed by atoms with van der Waals surface area (Å²) in [5.74, 6) is 0.500. The molecule has 0 fully saturated rings. The lowest BCUT2D eigenvalue weighted by Gasteiger charge is -2.00. The Balaban J connectivity index is 1.79. The molecule has 0 aliphatic rings. The van der Waals surface area contributed by atoms with Gasteiger partial charge >= 0.3 is 11.8 Å². The lowest BCUT2D eigenvalue weighted by molar-refractivity contribution is 0.0893. The highest BCUT2D eigenvalue weighted by Gasteiger charge is 2.16. The van der Waals surface area contributed by atoms with Crippen LogP contribution < -0.4 is 5.32 Å². The Morgan fingerprint density at radius 1 is 1.44 bits per heavy atom. The maximum absolute atomic E-state index is 11.9. The van der Waals surface area contributed by atoms with Gasteiger partial charge in [-0.15, -0.1) is 0 Å². The molecular weight excluding hydrogens is 322 g/mol. The number of hydrogen-bond acceptors (Lipinski definition) is 6. The molecule has 0 atom stereocenters. The van der Waals surface area contributed by atoms with E-state index in [-0.39, 0.29) is 5.89 Å². The van der Waals surface area contributed by atoms with Crippen LogP contribution in [-0.4, -0.2) is 46.3 Å². The molecule has 128 valence electrons. The number of carbonyl (C=O) groups is 1. The molecule has 0 spiro atoms. The average molecular weight is 339 g/mol. The fourth-order valence-corrected chi connectivity index (χ4v) is 2.19. The number of rotatable bonds is 7. The first kappa shape index (κ1) is 16.6. The summed E-state index contributed by atoms with van der Waals surface area (Å²) in [6.45, 7) is 4.45. The SMILES string of the molecule is C=Cc1ncc(-c2cccc(-c3noc(C(=O)NCCOC)n3)c2)[nH]1. The summed E-state index contributed by atoms with van der Waals surface area (Å²) in [4.78, 5) is 23.4. The van der Waals surface area contributed by atoms with E-state index in [4.69, 9.17) is 9.26 Å². The highest BCUT2D eigenvalue weighted by Crippen LogP contribution is 2.23. The molecule has 1 aromatic carbocycles. The molecule has 0 aliphatic heterocycles. The number of carbonyl (C=O) groups excluding carboxylic acids is 1. The Morgan fingerprint density at radius 3 is 3.04 bits per heavy atom. The summed E-state index contributed by atoms with van der Waals surface area (Å²) in [5.41, 5.74) is 2.48. The van der Waals surface area contributed by atoms with Crippen molar-refractivity contribution in [2.24, 2.45) is 0 Å². The van der Waals surface area contributed by atoms with Gasteiger partial charge in [-0.2, -0.15) is 4.98 Å². The smallest absolute Gasteiger partial charge is 0.316 e. The fraction of sp³-hybridized carbons (Fsp3) is 0.176. The second kappa shape index (κ2) is 7.54. The Kier molecular flexibility index (Phi) is 5.00. The molecule has 0 aliphatic carbocycles. The van der Waals surface area contributed by atoms with Crippen LogP contribution in [0.1, 0.15) is 16.5 Å². The van der Waals surface area contributed by atoms with E-state index in [1.165, 1.54) is 0 Å². The van der Waals surface area contributed by atoms with Gasteiger partial charge in [-0.05, 0) is 12.1 Å². The number of amides is 1. The van der Waals surface area contributed by atoms with E-state index < -0.39 is 5.91 Å². The van der Waals surface area contributed by atoms with E-state index in [1.807, 2.05) is 24.3 Å². The molecule has 2 aromatic heterocycles. The minimum absolute atomic E-state index is 0.0907. The van der Waals surface area contributed by atoms with Crippen LogP contribution in [0.15, 0.2) is 41.6 Å². The predicted molar refractivity (Wildman–Crippen MR) is 91.6 cm³/mol. The highest BCUT2D eigenvalue weighted by atomic mass is 16.5. The van der Waals surface area contributed by atoms with Gasteiger partial charge in [0.15, 0.2) is 0 Å². The van der Waals surface area contributed by atoms with Crippen molar-refractivity contribution < 1.29 is 14.1 Å². The summed E-state index contributed by atoms with van der Waals surface area (Å²) in [6, 6.07) is 7.53. The van der Waals surface area contributed by atoms with Gasteiger partial charge in [0, 0.05) is 24.8 Å². The molecule has 3 rings (SSSR count). The number of nitrogens with one attached hydrogen (secondary N) is 2. The van der Waals surface area contributed by atoms with E-state index in [0.29, 0.717) is 24.8 Å². The van der Waals surface area contributed by atoms with Gasteiger partial charge in [-0.1, -0.05) is 29.9 Å². The fourth-order valence-electron chi connectivity index (χ4n) is 2.19. The van der Waals surface area contributed by atoms with Crippen LogP contribution in [0.2, 0.25) is 0 Å². The summed E-state index contributed by atoms with van der Waals surface area (Å²) >= 11 is 0. The molecule has 8 heteroatoms. The quantitative estimate of drug-likeness (QED) is 0.639. The van der Waals surface area contributed by atoms with Gasteiger partial charge in [-0.25, -0.2) is 4.98 Å². The molecule has 8 nitrogen and oxygen atoms in total. The van der Waals surface area contributed by atoms with E-state index in [1.54, 1.807) is 19.4 Å². The van der Waals surface area contributed by atoms with E-state index >= 15 is 0 Å². The standard InChI is InChI=1S/C17H17N5O3/c1-3-14-19-10-13(20-14)11-5-4-6-12(9-11)15-21-17(25-22-15)16(23)18-7-8-24-2/h3-6,9-10H,1,7-8H2,2H3,(H,18,23)(H,19,20). The van der Waals surface area contributed by atoms with Gasteiger partial charge in [0.1, 0.15) is 5.82 Å². The zero-order valence-electron chi connectivity index (χ0n) is 13.7. The molecule has 3 aromatic rings. The van der Waals surface area contributed by atoms with Gasteiger partial charge in [0.2, 0.25) is 5.82 Å². The van der Waals surface area contributed by atoms with Crippen LogP contribution in [0.25, 0.3) is 28.7 Å². The monoisotopic (exact) mass is 339 g/mol. The number of aromatic nitrogens is 4. The summed E-state index contributed by atoms with van der Waals surface area (Å²) < 4.78 is 9.90. The largest absolute Gasteiger partial charge is 0.383 e. The molecule has 0 radical (unpaired) electrons. The van der Waals surface area contributed by atoms with Gasteiger partial charge in [0.05, 0.1) is 18.5 Å². The molecule has 0 unspecified atom stereocenters. The Hall–Kier alpha value is -3.26. The Morgan fingerprint density at radius 2 is 2.28 bits per heavy atom. The second-order valence-electron chi connectivity index (χ2n) is 5.14. The molecule has 1 amide bonds. The molecule has 0 bridgehead atoms. The first-order valence-corrected chi connectivity index (χ1v) is 7.60. The normalized spacial score (nSPS) is 10.6. The van der Waals surface area contributed by atoms with Crippen molar-refractivity contribution in [3.8, 4) is 22.6 Å². The van der Waals surface area contributed by atoms with Crippen molar-refractivity contribution in [3.63, 3.8) is 0 Å². The van der Waals surface area contributed by atoms with E-state index in [9.17, 15) is 4.79 Å². The second-order valence-corrected chi connectivity index (χ2v) is 5.14. The molecule has 0 saturated heterocycles. The highest BCUT2D eigenvalue weighted by molar-refractivity contribution is 5.89. The van der Waals surface area contributed by atoms with Crippen molar-refractivity contribution in [2.75, 3.05) is 20.3 Å². The minimum Gasteiger partial charge on any atom is -0.383 e. The van der Waals surface area contributed by atoms with Crippen LogP contribution in [0.3, 0.4) is 0 Å². The number of methoxy groups -OCH3 is 1. The van der Waals surface area contributed by atoms with E-state index in [0.717, 1.165) is 16.8 Å². The van der Waals surface area contributed by atoms with Crippen LogP contribution in [0.4, 0.5) is 0 Å². The third-order valence-corrected chi connectivity index (χ3v) is 3.43. The van der Waals surface area contributed by atoms with Crippen molar-refractivity contribution in [1.29, 1.82) is 0 Å².